The molecule has 1 aliphatic carbocycles. The van der Waals surface area contributed by atoms with Crippen LogP contribution in [-0.4, -0.2) is 48.7 Å². The zero-order valence-corrected chi connectivity index (χ0v) is 20.6. The maximum absolute atomic E-state index is 5.44. The van der Waals surface area contributed by atoms with Crippen molar-refractivity contribution >= 4 is 29.9 Å². The van der Waals surface area contributed by atoms with Crippen molar-refractivity contribution in [2.45, 2.75) is 84.7 Å². The third-order valence-corrected chi connectivity index (χ3v) is 5.52. The molecule has 0 amide bonds. The van der Waals surface area contributed by atoms with E-state index in [2.05, 4.69) is 48.5 Å². The molecule has 0 bridgehead atoms. The summed E-state index contributed by atoms with van der Waals surface area (Å²) in [6.07, 6.45) is 9.81. The molecule has 1 aliphatic rings. The minimum Gasteiger partial charge on any atom is -0.361 e. The lowest BCUT2D eigenvalue weighted by molar-refractivity contribution is 0.190. The highest BCUT2D eigenvalue weighted by atomic mass is 127. The first-order chi connectivity index (χ1) is 13.2. The van der Waals surface area contributed by atoms with E-state index in [1.54, 1.807) is 0 Å². The first-order valence-corrected chi connectivity index (χ1v) is 10.9. The third kappa shape index (κ3) is 7.89. The standard InChI is InChI=1S/C21H39N5O.HI/c1-5-19-18(20(6-2)27-25-19)16-24-21(22-7-3)23-14-11-15-26(4)17-12-9-8-10-13-17;/h17H,5-16H2,1-4H3,(H2,22,23,24);1H. The number of hydrogen-bond donors (Lipinski definition) is 2. The molecule has 6 nitrogen and oxygen atoms in total. The molecule has 0 aromatic carbocycles. The van der Waals surface area contributed by atoms with Crippen molar-refractivity contribution in [2.24, 2.45) is 4.99 Å². The van der Waals surface area contributed by atoms with Gasteiger partial charge in [0.05, 0.1) is 12.2 Å². The summed E-state index contributed by atoms with van der Waals surface area (Å²) < 4.78 is 5.44. The van der Waals surface area contributed by atoms with Gasteiger partial charge in [-0.05, 0) is 46.2 Å². The lowest BCUT2D eigenvalue weighted by Crippen LogP contribution is -2.39. The first kappa shape index (κ1) is 25.2. The molecule has 1 heterocycles. The number of aromatic nitrogens is 1. The summed E-state index contributed by atoms with van der Waals surface area (Å²) in [7, 11) is 2.28. The van der Waals surface area contributed by atoms with Crippen LogP contribution in [0.2, 0.25) is 0 Å². The fraction of sp³-hybridized carbons (Fsp3) is 0.810. The van der Waals surface area contributed by atoms with Crippen LogP contribution in [-0.2, 0) is 19.4 Å². The summed E-state index contributed by atoms with van der Waals surface area (Å²) in [6.45, 7) is 9.86. The fourth-order valence-corrected chi connectivity index (χ4v) is 3.86. The first-order valence-electron chi connectivity index (χ1n) is 10.9. The normalized spacial score (nSPS) is 15.5. The molecular formula is C21H40IN5O. The van der Waals surface area contributed by atoms with Crippen molar-refractivity contribution in [1.29, 1.82) is 0 Å². The van der Waals surface area contributed by atoms with E-state index >= 15 is 0 Å². The van der Waals surface area contributed by atoms with E-state index in [1.807, 2.05) is 0 Å². The number of aryl methyl sites for hydroxylation is 2. The Kier molecular flexibility index (Phi) is 12.8. The van der Waals surface area contributed by atoms with Crippen molar-refractivity contribution in [2.75, 3.05) is 26.7 Å². The number of nitrogens with zero attached hydrogens (tertiary/aromatic N) is 3. The quantitative estimate of drug-likeness (QED) is 0.217. The fourth-order valence-electron chi connectivity index (χ4n) is 3.86. The van der Waals surface area contributed by atoms with Gasteiger partial charge in [-0.15, -0.1) is 24.0 Å². The van der Waals surface area contributed by atoms with Gasteiger partial charge in [0, 0.05) is 31.1 Å². The second-order valence-corrected chi connectivity index (χ2v) is 7.49. The van der Waals surface area contributed by atoms with Crippen LogP contribution in [0.15, 0.2) is 9.52 Å². The summed E-state index contributed by atoms with van der Waals surface area (Å²) in [6, 6.07) is 0.786. The maximum Gasteiger partial charge on any atom is 0.191 e. The predicted octanol–water partition coefficient (Wildman–Crippen LogP) is 4.13. The van der Waals surface area contributed by atoms with E-state index in [-0.39, 0.29) is 24.0 Å². The Labute approximate surface area is 188 Å². The molecule has 2 rings (SSSR count). The van der Waals surface area contributed by atoms with Gasteiger partial charge in [-0.1, -0.05) is 38.3 Å². The van der Waals surface area contributed by atoms with E-state index in [9.17, 15) is 0 Å². The van der Waals surface area contributed by atoms with Gasteiger partial charge in [-0.2, -0.15) is 0 Å². The minimum absolute atomic E-state index is 0. The van der Waals surface area contributed by atoms with Gasteiger partial charge in [-0.25, -0.2) is 4.99 Å². The monoisotopic (exact) mass is 505 g/mol. The average molecular weight is 505 g/mol. The number of hydrogen-bond acceptors (Lipinski definition) is 4. The van der Waals surface area contributed by atoms with Crippen molar-refractivity contribution in [3.8, 4) is 0 Å². The molecule has 0 spiro atoms. The van der Waals surface area contributed by atoms with Gasteiger partial charge >= 0.3 is 0 Å². The number of guanidine groups is 1. The van der Waals surface area contributed by atoms with E-state index in [0.29, 0.717) is 6.54 Å². The van der Waals surface area contributed by atoms with Crippen LogP contribution in [0, 0.1) is 0 Å². The summed E-state index contributed by atoms with van der Waals surface area (Å²) in [5.41, 5.74) is 2.18. The Morgan fingerprint density at radius 1 is 1.14 bits per heavy atom. The summed E-state index contributed by atoms with van der Waals surface area (Å²) >= 11 is 0. The molecule has 0 aliphatic heterocycles. The highest BCUT2D eigenvalue weighted by Gasteiger charge is 2.17. The Balaban J connectivity index is 0.00000392. The second kappa shape index (κ2) is 14.2. The van der Waals surface area contributed by atoms with Crippen molar-refractivity contribution in [3.63, 3.8) is 0 Å². The molecule has 2 N–H and O–H groups in total. The number of halogens is 1. The van der Waals surface area contributed by atoms with Gasteiger partial charge in [0.2, 0.25) is 0 Å². The van der Waals surface area contributed by atoms with Crippen LogP contribution >= 0.6 is 24.0 Å². The Hall–Kier alpha value is -0.830. The van der Waals surface area contributed by atoms with Gasteiger partial charge in [0.25, 0.3) is 0 Å². The van der Waals surface area contributed by atoms with Crippen molar-refractivity contribution in [1.82, 2.24) is 20.7 Å². The SMILES string of the molecule is CCNC(=NCc1c(CC)noc1CC)NCCCN(C)C1CCCCC1.I. The molecule has 7 heteroatoms. The average Bonchev–Trinajstić information content (AvgIpc) is 3.11. The van der Waals surface area contributed by atoms with E-state index < -0.39 is 0 Å². The molecule has 0 unspecified atom stereocenters. The van der Waals surface area contributed by atoms with Crippen molar-refractivity contribution in [3.05, 3.63) is 17.0 Å². The number of aliphatic imine (C=N–C) groups is 1. The van der Waals surface area contributed by atoms with Crippen molar-refractivity contribution < 1.29 is 4.52 Å². The van der Waals surface area contributed by atoms with Gasteiger partial charge in [-0.3, -0.25) is 0 Å². The Bertz CT molecular complexity index is 548. The lowest BCUT2D eigenvalue weighted by Gasteiger charge is -2.31. The molecule has 28 heavy (non-hydrogen) atoms. The van der Waals surface area contributed by atoms with Gasteiger partial charge < -0.3 is 20.1 Å². The van der Waals surface area contributed by atoms with Crippen LogP contribution in [0.25, 0.3) is 0 Å². The Morgan fingerprint density at radius 2 is 1.89 bits per heavy atom. The summed E-state index contributed by atoms with van der Waals surface area (Å²) in [5, 5.41) is 11.0. The smallest absolute Gasteiger partial charge is 0.191 e. The molecule has 162 valence electrons. The number of nitrogens with one attached hydrogen (secondary N) is 2. The maximum atomic E-state index is 5.44. The third-order valence-electron chi connectivity index (χ3n) is 5.52. The minimum atomic E-state index is 0. The number of rotatable bonds is 10. The highest BCUT2D eigenvalue weighted by molar-refractivity contribution is 14.0. The van der Waals surface area contributed by atoms with Gasteiger partial charge in [0.15, 0.2) is 5.96 Å². The molecule has 1 fully saturated rings. The Morgan fingerprint density at radius 3 is 2.54 bits per heavy atom. The van der Waals surface area contributed by atoms with E-state index in [4.69, 9.17) is 9.52 Å². The lowest BCUT2D eigenvalue weighted by atomic mass is 9.94. The molecular weight excluding hydrogens is 465 g/mol. The largest absolute Gasteiger partial charge is 0.361 e. The molecule has 1 aromatic heterocycles. The van der Waals surface area contributed by atoms with Crippen LogP contribution in [0.3, 0.4) is 0 Å². The molecule has 0 radical (unpaired) electrons. The van der Waals surface area contributed by atoms with E-state index in [1.165, 1.54) is 32.1 Å². The highest BCUT2D eigenvalue weighted by Crippen LogP contribution is 2.21. The molecule has 1 aromatic rings. The molecule has 1 saturated carbocycles. The molecule has 0 saturated heterocycles. The second-order valence-electron chi connectivity index (χ2n) is 7.49. The van der Waals surface area contributed by atoms with Crippen LogP contribution in [0.5, 0.6) is 0 Å². The van der Waals surface area contributed by atoms with Gasteiger partial charge in [0.1, 0.15) is 5.76 Å². The topological polar surface area (TPSA) is 65.7 Å². The zero-order valence-electron chi connectivity index (χ0n) is 18.2. The molecule has 0 atom stereocenters. The summed E-state index contributed by atoms with van der Waals surface area (Å²) in [5.74, 6) is 1.84. The predicted molar refractivity (Wildman–Crippen MR) is 128 cm³/mol. The van der Waals surface area contributed by atoms with E-state index in [0.717, 1.165) is 67.9 Å². The van der Waals surface area contributed by atoms with Crippen LogP contribution < -0.4 is 10.6 Å². The zero-order chi connectivity index (χ0) is 19.5. The van der Waals surface area contributed by atoms with Crippen LogP contribution in [0.4, 0.5) is 0 Å². The van der Waals surface area contributed by atoms with Crippen LogP contribution in [0.1, 0.15) is 76.3 Å². The summed E-state index contributed by atoms with van der Waals surface area (Å²) in [4.78, 5) is 7.31.